The predicted molar refractivity (Wildman–Crippen MR) is 81.4 cm³/mol. The number of nitrogens with zero attached hydrogens (tertiary/aromatic N) is 3. The summed E-state index contributed by atoms with van der Waals surface area (Å²) in [5.41, 5.74) is 1.81. The molecule has 0 amide bonds. The van der Waals surface area contributed by atoms with Gasteiger partial charge in [-0.3, -0.25) is 0 Å². The predicted octanol–water partition coefficient (Wildman–Crippen LogP) is 3.47. The molecule has 0 fully saturated rings. The zero-order valence-electron chi connectivity index (χ0n) is 12.3. The maximum Gasteiger partial charge on any atom is 0.226 e. The molecule has 2 rings (SSSR count). The normalized spacial score (nSPS) is 9.95. The van der Waals surface area contributed by atoms with Crippen molar-refractivity contribution >= 4 is 5.95 Å². The molecule has 2 aromatic rings. The highest BCUT2D eigenvalue weighted by Gasteiger charge is 2.04. The summed E-state index contributed by atoms with van der Waals surface area (Å²) in [5.74, 6) is 1.78. The Morgan fingerprint density at radius 1 is 1.24 bits per heavy atom. The fourth-order valence-electron chi connectivity index (χ4n) is 1.80. The molecule has 5 nitrogen and oxygen atoms in total. The van der Waals surface area contributed by atoms with Gasteiger partial charge in [-0.05, 0) is 31.0 Å². The van der Waals surface area contributed by atoms with Crippen molar-refractivity contribution in [3.05, 3.63) is 41.6 Å². The molecule has 1 aromatic carbocycles. The molecule has 0 saturated heterocycles. The van der Waals surface area contributed by atoms with E-state index in [2.05, 4.69) is 28.3 Å². The lowest BCUT2D eigenvalue weighted by atomic mass is 10.2. The van der Waals surface area contributed by atoms with Crippen LogP contribution in [0, 0.1) is 18.3 Å². The smallest absolute Gasteiger partial charge is 0.226 e. The molecular formula is C16H18N4O. The molecule has 5 heteroatoms. The molecule has 0 aliphatic rings. The van der Waals surface area contributed by atoms with Crippen molar-refractivity contribution in [3.8, 4) is 17.7 Å². The average molecular weight is 282 g/mol. The van der Waals surface area contributed by atoms with Crippen molar-refractivity contribution < 1.29 is 4.74 Å². The molecule has 0 unspecified atom stereocenters. The molecule has 0 bridgehead atoms. The van der Waals surface area contributed by atoms with Gasteiger partial charge in [-0.25, -0.2) is 4.98 Å². The number of benzene rings is 1. The topological polar surface area (TPSA) is 70.8 Å². The standard InChI is InChI=1S/C16H18N4O/c1-3-10-18-16-19-12(2)11-15(20-16)21-14-6-4-13(5-7-14)8-9-17/h4-7,11H,3,8,10H2,1-2H3,(H,18,19,20). The number of rotatable bonds is 6. The van der Waals surface area contributed by atoms with Crippen molar-refractivity contribution in [1.82, 2.24) is 9.97 Å². The first-order chi connectivity index (χ1) is 10.2. The number of hydrogen-bond acceptors (Lipinski definition) is 5. The van der Waals surface area contributed by atoms with Gasteiger partial charge in [0.1, 0.15) is 5.75 Å². The second kappa shape index (κ2) is 7.25. The average Bonchev–Trinajstić information content (AvgIpc) is 2.47. The maximum absolute atomic E-state index is 8.65. The first-order valence-electron chi connectivity index (χ1n) is 6.94. The minimum Gasteiger partial charge on any atom is -0.439 e. The molecule has 0 spiro atoms. The van der Waals surface area contributed by atoms with Crippen LogP contribution in [0.15, 0.2) is 30.3 Å². The Morgan fingerprint density at radius 3 is 2.67 bits per heavy atom. The number of nitriles is 1. The Morgan fingerprint density at radius 2 is 2.00 bits per heavy atom. The van der Waals surface area contributed by atoms with Crippen LogP contribution in [-0.4, -0.2) is 16.5 Å². The van der Waals surface area contributed by atoms with E-state index in [1.165, 1.54) is 0 Å². The van der Waals surface area contributed by atoms with Crippen molar-refractivity contribution in [1.29, 1.82) is 5.26 Å². The number of anilines is 1. The Balaban J connectivity index is 2.11. The highest BCUT2D eigenvalue weighted by Crippen LogP contribution is 2.21. The van der Waals surface area contributed by atoms with E-state index in [0.29, 0.717) is 24.0 Å². The van der Waals surface area contributed by atoms with Crippen LogP contribution in [0.25, 0.3) is 0 Å². The number of aromatic nitrogens is 2. The van der Waals surface area contributed by atoms with Gasteiger partial charge in [-0.15, -0.1) is 0 Å². The second-order valence-electron chi connectivity index (χ2n) is 4.68. The van der Waals surface area contributed by atoms with Crippen LogP contribution < -0.4 is 10.1 Å². The molecule has 108 valence electrons. The summed E-state index contributed by atoms with van der Waals surface area (Å²) in [6.07, 6.45) is 1.41. The van der Waals surface area contributed by atoms with Gasteiger partial charge in [-0.1, -0.05) is 19.1 Å². The van der Waals surface area contributed by atoms with Crippen LogP contribution in [0.1, 0.15) is 24.6 Å². The third kappa shape index (κ3) is 4.46. The number of ether oxygens (including phenoxy) is 1. The summed E-state index contributed by atoms with van der Waals surface area (Å²) in [5, 5.41) is 11.8. The highest BCUT2D eigenvalue weighted by atomic mass is 16.5. The van der Waals surface area contributed by atoms with E-state index in [-0.39, 0.29) is 0 Å². The molecule has 0 radical (unpaired) electrons. The summed E-state index contributed by atoms with van der Waals surface area (Å²) in [6, 6.07) is 11.3. The molecule has 21 heavy (non-hydrogen) atoms. The maximum atomic E-state index is 8.65. The first-order valence-corrected chi connectivity index (χ1v) is 6.94. The summed E-state index contributed by atoms with van der Waals surface area (Å²) >= 11 is 0. The van der Waals surface area contributed by atoms with Crippen LogP contribution in [0.4, 0.5) is 5.95 Å². The fourth-order valence-corrected chi connectivity index (χ4v) is 1.80. The Kier molecular flexibility index (Phi) is 5.10. The lowest BCUT2D eigenvalue weighted by molar-refractivity contribution is 0.461. The van der Waals surface area contributed by atoms with Gasteiger partial charge < -0.3 is 10.1 Å². The minimum absolute atomic E-state index is 0.401. The van der Waals surface area contributed by atoms with Crippen LogP contribution in [0.5, 0.6) is 11.6 Å². The van der Waals surface area contributed by atoms with E-state index in [9.17, 15) is 0 Å². The van der Waals surface area contributed by atoms with Gasteiger partial charge in [0.05, 0.1) is 12.5 Å². The first kappa shape index (κ1) is 14.8. The second-order valence-corrected chi connectivity index (χ2v) is 4.68. The summed E-state index contributed by atoms with van der Waals surface area (Å²) in [4.78, 5) is 8.64. The molecule has 0 aliphatic heterocycles. The van der Waals surface area contributed by atoms with Gasteiger partial charge in [0, 0.05) is 18.3 Å². The van der Waals surface area contributed by atoms with E-state index >= 15 is 0 Å². The molecule has 1 N–H and O–H groups in total. The molecule has 0 aliphatic carbocycles. The zero-order valence-corrected chi connectivity index (χ0v) is 12.3. The summed E-state index contributed by atoms with van der Waals surface area (Å²) in [6.45, 7) is 4.82. The van der Waals surface area contributed by atoms with Gasteiger partial charge in [-0.2, -0.15) is 10.2 Å². The van der Waals surface area contributed by atoms with E-state index in [1.807, 2.05) is 31.2 Å². The lowest BCUT2D eigenvalue weighted by Gasteiger charge is -2.09. The number of nitrogens with one attached hydrogen (secondary N) is 1. The van der Waals surface area contributed by atoms with Crippen LogP contribution in [0.2, 0.25) is 0 Å². The van der Waals surface area contributed by atoms with Gasteiger partial charge in [0.15, 0.2) is 0 Å². The van der Waals surface area contributed by atoms with Crippen LogP contribution in [0.3, 0.4) is 0 Å². The van der Waals surface area contributed by atoms with Crippen molar-refractivity contribution in [2.24, 2.45) is 0 Å². The number of aryl methyl sites for hydroxylation is 1. The van der Waals surface area contributed by atoms with Crippen molar-refractivity contribution in [2.75, 3.05) is 11.9 Å². The molecule has 0 atom stereocenters. The fraction of sp³-hybridized carbons (Fsp3) is 0.312. The van der Waals surface area contributed by atoms with Gasteiger partial charge in [0.2, 0.25) is 11.8 Å². The molecular weight excluding hydrogens is 264 g/mol. The van der Waals surface area contributed by atoms with Crippen LogP contribution >= 0.6 is 0 Å². The highest BCUT2D eigenvalue weighted by molar-refractivity contribution is 5.35. The van der Waals surface area contributed by atoms with Crippen molar-refractivity contribution in [2.45, 2.75) is 26.7 Å². The van der Waals surface area contributed by atoms with E-state index in [1.54, 1.807) is 6.07 Å². The third-order valence-corrected chi connectivity index (χ3v) is 2.79. The summed E-state index contributed by atoms with van der Waals surface area (Å²) in [7, 11) is 0. The summed E-state index contributed by atoms with van der Waals surface area (Å²) < 4.78 is 5.74. The molecule has 1 aromatic heterocycles. The van der Waals surface area contributed by atoms with Crippen LogP contribution in [-0.2, 0) is 6.42 Å². The van der Waals surface area contributed by atoms with E-state index < -0.39 is 0 Å². The molecule has 1 heterocycles. The molecule has 0 saturated carbocycles. The zero-order chi connectivity index (χ0) is 15.1. The largest absolute Gasteiger partial charge is 0.439 e. The van der Waals surface area contributed by atoms with Gasteiger partial charge >= 0.3 is 0 Å². The SMILES string of the molecule is CCCNc1nc(C)cc(Oc2ccc(CC#N)cc2)n1. The van der Waals surface area contributed by atoms with E-state index in [4.69, 9.17) is 10.00 Å². The third-order valence-electron chi connectivity index (χ3n) is 2.79. The Labute approximate surface area is 124 Å². The Bertz CT molecular complexity index is 632. The van der Waals surface area contributed by atoms with Crippen molar-refractivity contribution in [3.63, 3.8) is 0 Å². The van der Waals surface area contributed by atoms with Gasteiger partial charge in [0.25, 0.3) is 0 Å². The lowest BCUT2D eigenvalue weighted by Crippen LogP contribution is -2.05. The Hall–Kier alpha value is -2.61. The van der Waals surface area contributed by atoms with E-state index in [0.717, 1.165) is 24.2 Å². The number of hydrogen-bond donors (Lipinski definition) is 1. The minimum atomic E-state index is 0.401. The monoisotopic (exact) mass is 282 g/mol. The quantitative estimate of drug-likeness (QED) is 0.878.